The second kappa shape index (κ2) is 15.3. The van der Waals surface area contributed by atoms with Gasteiger partial charge in [0.2, 0.25) is 0 Å². The fourth-order valence-corrected chi connectivity index (χ4v) is 5.77. The molecule has 0 aliphatic carbocycles. The van der Waals surface area contributed by atoms with Crippen molar-refractivity contribution in [2.24, 2.45) is 5.92 Å². The van der Waals surface area contributed by atoms with Crippen molar-refractivity contribution in [1.29, 1.82) is 5.41 Å². The zero-order valence-corrected chi connectivity index (χ0v) is 27.6. The van der Waals surface area contributed by atoms with Crippen LogP contribution in [0.5, 0.6) is 0 Å². The molecule has 2 unspecified atom stereocenters. The molecule has 0 saturated carbocycles. The van der Waals surface area contributed by atoms with Crippen molar-refractivity contribution >= 4 is 17.2 Å². The van der Waals surface area contributed by atoms with Gasteiger partial charge in [0, 0.05) is 66.4 Å². The van der Waals surface area contributed by atoms with Gasteiger partial charge in [0.05, 0.1) is 0 Å². The largest absolute Gasteiger partial charge is 0.381 e. The minimum atomic E-state index is -0.334. The summed E-state index contributed by atoms with van der Waals surface area (Å²) in [4.78, 5) is 22.5. The molecule has 3 N–H and O–H groups in total. The van der Waals surface area contributed by atoms with Gasteiger partial charge in [-0.25, -0.2) is 14.4 Å². The lowest BCUT2D eigenvalue weighted by atomic mass is 9.92. The summed E-state index contributed by atoms with van der Waals surface area (Å²) in [6, 6.07) is 10.1. The zero-order chi connectivity index (χ0) is 32.6. The number of ketones is 1. The third kappa shape index (κ3) is 8.89. The Labute approximate surface area is 262 Å². The van der Waals surface area contributed by atoms with E-state index in [-0.39, 0.29) is 22.9 Å². The van der Waals surface area contributed by atoms with E-state index in [0.29, 0.717) is 29.5 Å². The number of Topliss-reactive ketones (excluding diaryl/α,β-unsaturated/α-hetero) is 1. The van der Waals surface area contributed by atoms with E-state index in [4.69, 9.17) is 5.41 Å². The van der Waals surface area contributed by atoms with Crippen molar-refractivity contribution in [3.05, 3.63) is 89.3 Å². The highest BCUT2D eigenvalue weighted by atomic mass is 19.1. The van der Waals surface area contributed by atoms with E-state index in [1.807, 2.05) is 51.1 Å². The first-order valence-electron chi connectivity index (χ1n) is 15.3. The molecule has 1 aliphatic rings. The molecule has 1 fully saturated rings. The van der Waals surface area contributed by atoms with Crippen LogP contribution in [-0.2, 0) is 10.3 Å². The molecule has 0 radical (unpaired) electrons. The molecule has 0 spiro atoms. The summed E-state index contributed by atoms with van der Waals surface area (Å²) in [6.07, 6.45) is 7.63. The molecule has 4 rings (SSSR count). The van der Waals surface area contributed by atoms with Crippen LogP contribution in [0.4, 0.5) is 10.1 Å². The number of nitrogens with one attached hydrogen (secondary N) is 3. The average Bonchev–Trinajstić information content (AvgIpc) is 3.29. The molecule has 44 heavy (non-hydrogen) atoms. The fraction of sp³-hybridized carbons (Fsp3) is 0.444. The van der Waals surface area contributed by atoms with Crippen molar-refractivity contribution in [2.75, 3.05) is 32.0 Å². The summed E-state index contributed by atoms with van der Waals surface area (Å²) in [6.45, 7) is 19.8. The zero-order valence-electron chi connectivity index (χ0n) is 27.6. The van der Waals surface area contributed by atoms with Crippen molar-refractivity contribution in [1.82, 2.24) is 20.2 Å². The second-order valence-electron chi connectivity index (χ2n) is 12.5. The quantitative estimate of drug-likeness (QED) is 0.162. The lowest BCUT2D eigenvalue weighted by molar-refractivity contribution is -0.111. The molecule has 2 aromatic carbocycles. The SMILES string of the molecule is C=CCNc1c(C)cc(-c2cnc(C)nc2)cc1C(=N)C(C)=O.Cc1cccc(C(C)(C)NCCC2CC(C)CN2C)c1F. The Kier molecular flexibility index (Phi) is 12.1. The van der Waals surface area contributed by atoms with Crippen LogP contribution in [0, 0.1) is 37.9 Å². The Morgan fingerprint density at radius 2 is 1.84 bits per heavy atom. The highest BCUT2D eigenvalue weighted by Gasteiger charge is 2.28. The van der Waals surface area contributed by atoms with Gasteiger partial charge in [-0.1, -0.05) is 31.2 Å². The van der Waals surface area contributed by atoms with Crippen LogP contribution < -0.4 is 10.6 Å². The van der Waals surface area contributed by atoms with E-state index in [1.165, 1.54) is 19.9 Å². The van der Waals surface area contributed by atoms with Crippen molar-refractivity contribution in [3.8, 4) is 11.1 Å². The highest BCUT2D eigenvalue weighted by molar-refractivity contribution is 6.45. The first-order chi connectivity index (χ1) is 20.7. The van der Waals surface area contributed by atoms with Crippen LogP contribution in [-0.4, -0.2) is 59.1 Å². The normalized spacial score (nSPS) is 16.7. The molecule has 0 amide bonds. The lowest BCUT2D eigenvalue weighted by Crippen LogP contribution is -2.40. The van der Waals surface area contributed by atoms with Crippen LogP contribution in [0.2, 0.25) is 0 Å². The van der Waals surface area contributed by atoms with Crippen LogP contribution >= 0.6 is 0 Å². The Balaban J connectivity index is 0.000000241. The third-order valence-electron chi connectivity index (χ3n) is 8.30. The summed E-state index contributed by atoms with van der Waals surface area (Å²) in [5.74, 6) is 1.14. The summed E-state index contributed by atoms with van der Waals surface area (Å²) in [7, 11) is 2.21. The van der Waals surface area contributed by atoms with Gasteiger partial charge >= 0.3 is 0 Å². The topological polar surface area (TPSA) is 94.0 Å². The molecule has 3 aromatic rings. The molecule has 1 aliphatic heterocycles. The van der Waals surface area contributed by atoms with Gasteiger partial charge in [-0.3, -0.25) is 10.2 Å². The lowest BCUT2D eigenvalue weighted by Gasteiger charge is -2.29. The smallest absolute Gasteiger partial charge is 0.178 e. The Bertz CT molecular complexity index is 1470. The van der Waals surface area contributed by atoms with Crippen LogP contribution in [0.3, 0.4) is 0 Å². The predicted molar refractivity (Wildman–Crippen MR) is 180 cm³/mol. The van der Waals surface area contributed by atoms with Gasteiger partial charge < -0.3 is 15.5 Å². The molecular weight excluding hydrogens is 551 g/mol. The average molecular weight is 601 g/mol. The minimum Gasteiger partial charge on any atom is -0.381 e. The van der Waals surface area contributed by atoms with Crippen molar-refractivity contribution in [2.45, 2.75) is 72.9 Å². The number of aromatic nitrogens is 2. The number of hydrogen-bond donors (Lipinski definition) is 3. The molecule has 2 atom stereocenters. The Hall–Kier alpha value is -3.75. The standard InChI is InChI=1S/C18H29FN2.C18H20N4O/c1-13-11-15(21(5)12-13)9-10-20-18(3,4)16-8-6-7-14(2)17(16)19;1-5-6-20-18-11(2)7-14(8-16(18)17(19)12(3)23)15-9-21-13(4)22-10-15/h6-8,13,15,20H,9-12H2,1-5H3;5,7-10,19-20H,1,6H2,2-4H3. The van der Waals surface area contributed by atoms with Gasteiger partial charge in [-0.05, 0) is 95.8 Å². The summed E-state index contributed by atoms with van der Waals surface area (Å²) >= 11 is 0. The molecule has 1 saturated heterocycles. The van der Waals surface area contributed by atoms with Crippen molar-refractivity contribution < 1.29 is 9.18 Å². The number of hydrogen-bond acceptors (Lipinski definition) is 7. The maximum atomic E-state index is 14.3. The van der Waals surface area contributed by atoms with Crippen molar-refractivity contribution in [3.63, 3.8) is 0 Å². The van der Waals surface area contributed by atoms with E-state index < -0.39 is 0 Å². The van der Waals surface area contributed by atoms with Crippen LogP contribution in [0.1, 0.15) is 68.6 Å². The van der Waals surface area contributed by atoms with Gasteiger partial charge in [0.15, 0.2) is 5.78 Å². The number of rotatable bonds is 11. The molecule has 236 valence electrons. The number of carbonyl (C=O) groups excluding carboxylic acids is 1. The molecule has 2 heterocycles. The van der Waals surface area contributed by atoms with E-state index in [1.54, 1.807) is 18.5 Å². The number of benzene rings is 2. The fourth-order valence-electron chi connectivity index (χ4n) is 5.77. The number of nitrogens with zero attached hydrogens (tertiary/aromatic N) is 3. The maximum absolute atomic E-state index is 14.3. The van der Waals surface area contributed by atoms with Gasteiger partial charge in [0.1, 0.15) is 17.4 Å². The molecule has 8 heteroatoms. The molecule has 0 bridgehead atoms. The molecule has 7 nitrogen and oxygen atoms in total. The number of carbonyl (C=O) groups is 1. The van der Waals surface area contributed by atoms with E-state index in [2.05, 4.69) is 59.9 Å². The Morgan fingerprint density at radius 1 is 1.16 bits per heavy atom. The highest BCUT2D eigenvalue weighted by Crippen LogP contribution is 2.30. The summed E-state index contributed by atoms with van der Waals surface area (Å²) in [5, 5.41) is 14.9. The number of likely N-dealkylation sites (tertiary alicyclic amines) is 1. The van der Waals surface area contributed by atoms with Gasteiger partial charge in [-0.2, -0.15) is 0 Å². The van der Waals surface area contributed by atoms with E-state index in [9.17, 15) is 9.18 Å². The summed E-state index contributed by atoms with van der Waals surface area (Å²) in [5.41, 5.74) is 5.16. The molecule has 1 aromatic heterocycles. The van der Waals surface area contributed by atoms with Gasteiger partial charge in [-0.15, -0.1) is 6.58 Å². The first kappa shape index (κ1) is 34.7. The van der Waals surface area contributed by atoms with E-state index in [0.717, 1.165) is 46.8 Å². The maximum Gasteiger partial charge on any atom is 0.178 e. The Morgan fingerprint density at radius 3 is 2.43 bits per heavy atom. The van der Waals surface area contributed by atoms with Crippen LogP contribution in [0.25, 0.3) is 11.1 Å². The third-order valence-corrected chi connectivity index (χ3v) is 8.30. The van der Waals surface area contributed by atoms with Gasteiger partial charge in [0.25, 0.3) is 0 Å². The predicted octanol–water partition coefficient (Wildman–Crippen LogP) is 7.00. The number of halogens is 1. The van der Waals surface area contributed by atoms with E-state index >= 15 is 0 Å². The summed E-state index contributed by atoms with van der Waals surface area (Å²) < 4.78 is 14.3. The van der Waals surface area contributed by atoms with Crippen LogP contribution in [0.15, 0.2) is 55.4 Å². The molecular formula is C36H49FN6O. The minimum absolute atomic E-state index is 0.0189. The first-order valence-corrected chi connectivity index (χ1v) is 15.3. The number of aryl methyl sites for hydroxylation is 3. The monoisotopic (exact) mass is 600 g/mol. The second-order valence-corrected chi connectivity index (χ2v) is 12.5. The number of anilines is 1.